The number of nitrogen functional groups attached to an aromatic ring is 2. The zero-order valence-electron chi connectivity index (χ0n) is 11.2. The van der Waals surface area contributed by atoms with Gasteiger partial charge < -0.3 is 21.5 Å². The van der Waals surface area contributed by atoms with Crippen LogP contribution in [0.3, 0.4) is 0 Å². The van der Waals surface area contributed by atoms with Crippen molar-refractivity contribution >= 4 is 23.3 Å². The van der Waals surface area contributed by atoms with E-state index >= 15 is 0 Å². The van der Waals surface area contributed by atoms with E-state index in [4.69, 9.17) is 16.6 Å². The highest BCUT2D eigenvalue weighted by Gasteiger charge is 2.33. The molecular formula is C12H14F3N3O3. The number of amides is 1. The second-order valence-electron chi connectivity index (χ2n) is 4.45. The number of carboxylic acid groups (broad SMARTS) is 1. The van der Waals surface area contributed by atoms with Crippen LogP contribution in [0.4, 0.5) is 24.5 Å². The summed E-state index contributed by atoms with van der Waals surface area (Å²) in [5.74, 6) is -2.26. The minimum Gasteiger partial charge on any atom is -0.480 e. The number of nitrogens with two attached hydrogens (primary N) is 2. The molecule has 0 saturated heterocycles. The molecule has 0 spiro atoms. The van der Waals surface area contributed by atoms with Gasteiger partial charge >= 0.3 is 12.1 Å². The molecule has 1 amide bonds. The lowest BCUT2D eigenvalue weighted by Gasteiger charge is -2.23. The van der Waals surface area contributed by atoms with Crippen molar-refractivity contribution in [3.8, 4) is 0 Å². The van der Waals surface area contributed by atoms with Gasteiger partial charge in [0, 0.05) is 7.05 Å². The Morgan fingerprint density at radius 2 is 1.81 bits per heavy atom. The van der Waals surface area contributed by atoms with E-state index in [2.05, 4.69) is 0 Å². The van der Waals surface area contributed by atoms with Crippen LogP contribution in [0, 0.1) is 0 Å². The number of hydrogen-bond acceptors (Lipinski definition) is 4. The lowest BCUT2D eigenvalue weighted by Crippen LogP contribution is -2.40. The average Bonchev–Trinajstić information content (AvgIpc) is 2.37. The van der Waals surface area contributed by atoms with Crippen molar-refractivity contribution in [3.05, 3.63) is 23.3 Å². The lowest BCUT2D eigenvalue weighted by molar-refractivity contribution is -0.141. The minimum absolute atomic E-state index is 0.322. The van der Waals surface area contributed by atoms with Crippen LogP contribution < -0.4 is 11.5 Å². The average molecular weight is 305 g/mol. The van der Waals surface area contributed by atoms with Crippen molar-refractivity contribution in [1.29, 1.82) is 0 Å². The molecule has 1 aromatic carbocycles. The zero-order chi connectivity index (χ0) is 16.5. The molecule has 0 aliphatic rings. The molecular weight excluding hydrogens is 291 g/mol. The first-order valence-electron chi connectivity index (χ1n) is 5.73. The smallest absolute Gasteiger partial charge is 0.416 e. The predicted octanol–water partition coefficient (Wildman–Crippen LogP) is 1.41. The zero-order valence-corrected chi connectivity index (χ0v) is 11.2. The van der Waals surface area contributed by atoms with E-state index in [1.165, 1.54) is 6.92 Å². The van der Waals surface area contributed by atoms with Gasteiger partial charge in [-0.05, 0) is 19.1 Å². The Labute approximate surface area is 118 Å². The summed E-state index contributed by atoms with van der Waals surface area (Å²) in [6.07, 6.45) is -4.70. The van der Waals surface area contributed by atoms with Crippen molar-refractivity contribution < 1.29 is 27.9 Å². The van der Waals surface area contributed by atoms with Crippen LogP contribution in [-0.4, -0.2) is 35.0 Å². The maximum absolute atomic E-state index is 12.7. The van der Waals surface area contributed by atoms with Crippen LogP contribution in [0.5, 0.6) is 0 Å². The Kier molecular flexibility index (Phi) is 4.35. The van der Waals surface area contributed by atoms with Gasteiger partial charge in [-0.2, -0.15) is 13.2 Å². The molecule has 0 heterocycles. The number of likely N-dealkylation sites (N-methyl/N-ethyl adjacent to an activating group) is 1. The molecule has 1 aromatic rings. The Morgan fingerprint density at radius 1 is 1.29 bits per heavy atom. The van der Waals surface area contributed by atoms with Crippen molar-refractivity contribution in [2.45, 2.75) is 19.1 Å². The summed E-state index contributed by atoms with van der Waals surface area (Å²) < 4.78 is 38.1. The second kappa shape index (κ2) is 5.51. The van der Waals surface area contributed by atoms with E-state index in [-0.39, 0.29) is 5.69 Å². The molecule has 1 atom stereocenters. The molecule has 0 fully saturated rings. The lowest BCUT2D eigenvalue weighted by atomic mass is 10.0. The first kappa shape index (κ1) is 16.6. The van der Waals surface area contributed by atoms with Crippen LogP contribution in [0.2, 0.25) is 0 Å². The highest BCUT2D eigenvalue weighted by Crippen LogP contribution is 2.34. The van der Waals surface area contributed by atoms with E-state index in [9.17, 15) is 22.8 Å². The highest BCUT2D eigenvalue weighted by molar-refractivity contribution is 6.03. The van der Waals surface area contributed by atoms with Crippen LogP contribution in [0.25, 0.3) is 0 Å². The highest BCUT2D eigenvalue weighted by atomic mass is 19.4. The number of hydrogen-bond donors (Lipinski definition) is 3. The van der Waals surface area contributed by atoms with E-state index in [0.29, 0.717) is 12.1 Å². The van der Waals surface area contributed by atoms with Crippen molar-refractivity contribution in [2.24, 2.45) is 0 Å². The van der Waals surface area contributed by atoms with Gasteiger partial charge in [0.1, 0.15) is 6.04 Å². The number of anilines is 2. The van der Waals surface area contributed by atoms with Gasteiger partial charge in [0.2, 0.25) is 0 Å². The molecule has 0 radical (unpaired) electrons. The molecule has 5 N–H and O–H groups in total. The fourth-order valence-electron chi connectivity index (χ4n) is 1.55. The molecule has 21 heavy (non-hydrogen) atoms. The predicted molar refractivity (Wildman–Crippen MR) is 69.5 cm³/mol. The third-order valence-electron chi connectivity index (χ3n) is 3.03. The van der Waals surface area contributed by atoms with Gasteiger partial charge in [-0.1, -0.05) is 0 Å². The monoisotopic (exact) mass is 305 g/mol. The molecule has 1 rings (SSSR count). The normalized spacial score (nSPS) is 12.8. The van der Waals surface area contributed by atoms with Crippen LogP contribution in [0.15, 0.2) is 12.1 Å². The van der Waals surface area contributed by atoms with E-state index < -0.39 is 40.9 Å². The van der Waals surface area contributed by atoms with Gasteiger partial charge in [0.25, 0.3) is 5.91 Å². The number of carbonyl (C=O) groups is 2. The van der Waals surface area contributed by atoms with Gasteiger partial charge in [0.15, 0.2) is 0 Å². The fourth-order valence-corrected chi connectivity index (χ4v) is 1.55. The minimum atomic E-state index is -4.70. The topological polar surface area (TPSA) is 110 Å². The van der Waals surface area contributed by atoms with E-state index in [1.54, 1.807) is 0 Å². The maximum atomic E-state index is 12.7. The summed E-state index contributed by atoms with van der Waals surface area (Å²) in [6.45, 7) is 1.22. The largest absolute Gasteiger partial charge is 0.480 e. The number of aliphatic carboxylic acids is 1. The Balaban J connectivity index is 3.33. The summed E-state index contributed by atoms with van der Waals surface area (Å²) in [5.41, 5.74) is 8.56. The summed E-state index contributed by atoms with van der Waals surface area (Å²) in [4.78, 5) is 23.7. The van der Waals surface area contributed by atoms with Crippen LogP contribution in [0.1, 0.15) is 22.8 Å². The van der Waals surface area contributed by atoms with Gasteiger partial charge in [-0.25, -0.2) is 4.79 Å². The van der Waals surface area contributed by atoms with Crippen molar-refractivity contribution in [3.63, 3.8) is 0 Å². The number of nitrogens with zero attached hydrogens (tertiary/aromatic N) is 1. The molecule has 6 nitrogen and oxygen atoms in total. The van der Waals surface area contributed by atoms with Crippen LogP contribution in [-0.2, 0) is 11.0 Å². The van der Waals surface area contributed by atoms with E-state index in [0.717, 1.165) is 11.9 Å². The SMILES string of the molecule is C[C@@H](C(=O)O)N(C)C(=O)c1cc(C(F)(F)F)cc(N)c1N. The number of benzene rings is 1. The number of carboxylic acids is 1. The first-order valence-corrected chi connectivity index (χ1v) is 5.73. The summed E-state index contributed by atoms with van der Waals surface area (Å²) in [6, 6.07) is -0.0566. The Bertz CT molecular complexity index is 587. The van der Waals surface area contributed by atoms with Gasteiger partial charge in [0.05, 0.1) is 22.5 Å². The van der Waals surface area contributed by atoms with Crippen LogP contribution >= 0.6 is 0 Å². The molecule has 0 bridgehead atoms. The maximum Gasteiger partial charge on any atom is 0.416 e. The first-order chi connectivity index (χ1) is 9.46. The third-order valence-corrected chi connectivity index (χ3v) is 3.03. The molecule has 0 aliphatic heterocycles. The number of halogens is 3. The van der Waals surface area contributed by atoms with Gasteiger partial charge in [-0.15, -0.1) is 0 Å². The third kappa shape index (κ3) is 3.36. The number of carbonyl (C=O) groups excluding carboxylic acids is 1. The molecule has 0 saturated carbocycles. The van der Waals surface area contributed by atoms with Crippen molar-refractivity contribution in [1.82, 2.24) is 4.90 Å². The van der Waals surface area contributed by atoms with E-state index in [1.807, 2.05) is 0 Å². The summed E-state index contributed by atoms with van der Waals surface area (Å²) in [5, 5.41) is 8.83. The summed E-state index contributed by atoms with van der Waals surface area (Å²) in [7, 11) is 1.15. The molecule has 0 aliphatic carbocycles. The Hall–Kier alpha value is -2.45. The number of rotatable bonds is 3. The quantitative estimate of drug-likeness (QED) is 0.731. The summed E-state index contributed by atoms with van der Waals surface area (Å²) >= 11 is 0. The molecule has 0 unspecified atom stereocenters. The second-order valence-corrected chi connectivity index (χ2v) is 4.45. The van der Waals surface area contributed by atoms with Crippen molar-refractivity contribution in [2.75, 3.05) is 18.5 Å². The Morgan fingerprint density at radius 3 is 2.24 bits per heavy atom. The molecule has 0 aromatic heterocycles. The van der Waals surface area contributed by atoms with Gasteiger partial charge in [-0.3, -0.25) is 4.79 Å². The molecule has 116 valence electrons. The standard InChI is InChI=1S/C12H14F3N3O3/c1-5(11(20)21)18(2)10(19)7-3-6(12(13,14)15)4-8(16)9(7)17/h3-5H,16-17H2,1-2H3,(H,20,21)/t5-/m0/s1. The molecule has 9 heteroatoms. The number of alkyl halides is 3. The fraction of sp³-hybridized carbons (Fsp3) is 0.333.